The topological polar surface area (TPSA) is 68.0 Å². The molecule has 0 radical (unpaired) electrons. The molecule has 76 valence electrons. The molecule has 4 nitrogen and oxygen atoms in total. The molecule has 0 aliphatic carbocycles. The Morgan fingerprint density at radius 2 is 2.43 bits per heavy atom. The number of hydrogen-bond acceptors (Lipinski definition) is 3. The first-order valence-electron chi connectivity index (χ1n) is 4.66. The van der Waals surface area contributed by atoms with Crippen LogP contribution in [0.25, 0.3) is 0 Å². The molecule has 4 heteroatoms. The highest BCUT2D eigenvalue weighted by molar-refractivity contribution is 5.93. The van der Waals surface area contributed by atoms with Crippen LogP contribution in [-0.2, 0) is 0 Å². The number of nitrogens with zero attached hydrogens (tertiary/aromatic N) is 1. The average molecular weight is 193 g/mol. The van der Waals surface area contributed by atoms with E-state index in [9.17, 15) is 4.79 Å². The van der Waals surface area contributed by atoms with Crippen molar-refractivity contribution in [2.75, 3.05) is 5.73 Å². The van der Waals surface area contributed by atoms with Crippen LogP contribution in [0.3, 0.4) is 0 Å². The summed E-state index contributed by atoms with van der Waals surface area (Å²) in [4.78, 5) is 15.5. The number of nitrogen functional groups attached to an aromatic ring is 1. The van der Waals surface area contributed by atoms with E-state index < -0.39 is 0 Å². The van der Waals surface area contributed by atoms with Crippen LogP contribution in [0.5, 0.6) is 0 Å². The lowest BCUT2D eigenvalue weighted by Crippen LogP contribution is -2.32. The minimum absolute atomic E-state index is 0.158. The molecule has 1 heterocycles. The molecule has 0 fully saturated rings. The Balaban J connectivity index is 2.70. The fourth-order valence-corrected chi connectivity index (χ4v) is 0.971. The van der Waals surface area contributed by atoms with Crippen molar-refractivity contribution in [3.05, 3.63) is 24.0 Å². The molecular formula is C10H15N3O. The summed E-state index contributed by atoms with van der Waals surface area (Å²) in [6.45, 7) is 3.96. The van der Waals surface area contributed by atoms with Gasteiger partial charge in [-0.15, -0.1) is 0 Å². The Kier molecular flexibility index (Phi) is 3.45. The molecule has 0 spiro atoms. The first-order chi connectivity index (χ1) is 6.63. The van der Waals surface area contributed by atoms with E-state index in [4.69, 9.17) is 5.73 Å². The van der Waals surface area contributed by atoms with Gasteiger partial charge in [0.25, 0.3) is 5.91 Å². The standard InChI is InChI=1S/C10H15N3O/c1-3-7(2)13-10(14)9-6-8(11)4-5-12-9/h4-7H,3H2,1-2H3,(H2,11,12)(H,13,14). The van der Waals surface area contributed by atoms with Crippen molar-refractivity contribution in [1.82, 2.24) is 10.3 Å². The fourth-order valence-electron chi connectivity index (χ4n) is 0.971. The van der Waals surface area contributed by atoms with Crippen LogP contribution in [0.15, 0.2) is 18.3 Å². The number of amides is 1. The number of nitrogens with one attached hydrogen (secondary N) is 1. The van der Waals surface area contributed by atoms with E-state index in [1.54, 1.807) is 12.1 Å². The van der Waals surface area contributed by atoms with E-state index in [2.05, 4.69) is 10.3 Å². The molecule has 1 amide bonds. The summed E-state index contributed by atoms with van der Waals surface area (Å²) in [6.07, 6.45) is 2.43. The van der Waals surface area contributed by atoms with Crippen LogP contribution in [0.1, 0.15) is 30.8 Å². The lowest BCUT2D eigenvalue weighted by molar-refractivity contribution is 0.0934. The Morgan fingerprint density at radius 3 is 3.00 bits per heavy atom. The number of carbonyl (C=O) groups is 1. The molecule has 14 heavy (non-hydrogen) atoms. The molecule has 1 rings (SSSR count). The van der Waals surface area contributed by atoms with Crippen LogP contribution >= 0.6 is 0 Å². The zero-order chi connectivity index (χ0) is 10.6. The number of anilines is 1. The van der Waals surface area contributed by atoms with Crippen molar-refractivity contribution in [2.45, 2.75) is 26.3 Å². The van der Waals surface area contributed by atoms with Crippen molar-refractivity contribution < 1.29 is 4.79 Å². The third-order valence-corrected chi connectivity index (χ3v) is 2.01. The molecule has 0 aliphatic heterocycles. The first-order valence-corrected chi connectivity index (χ1v) is 4.66. The minimum atomic E-state index is -0.174. The highest BCUT2D eigenvalue weighted by Gasteiger charge is 2.09. The van der Waals surface area contributed by atoms with Crippen molar-refractivity contribution >= 4 is 11.6 Å². The number of pyridine rings is 1. The van der Waals surface area contributed by atoms with E-state index >= 15 is 0 Å². The zero-order valence-corrected chi connectivity index (χ0v) is 8.45. The third-order valence-electron chi connectivity index (χ3n) is 2.01. The van der Waals surface area contributed by atoms with Crippen molar-refractivity contribution in [2.24, 2.45) is 0 Å². The number of hydrogen-bond donors (Lipinski definition) is 2. The maximum Gasteiger partial charge on any atom is 0.270 e. The lowest BCUT2D eigenvalue weighted by Gasteiger charge is -2.10. The number of carbonyl (C=O) groups excluding carboxylic acids is 1. The van der Waals surface area contributed by atoms with Gasteiger partial charge in [0.1, 0.15) is 5.69 Å². The largest absolute Gasteiger partial charge is 0.399 e. The van der Waals surface area contributed by atoms with Crippen molar-refractivity contribution in [1.29, 1.82) is 0 Å². The highest BCUT2D eigenvalue weighted by Crippen LogP contribution is 2.03. The molecule has 1 aromatic heterocycles. The Hall–Kier alpha value is -1.58. The van der Waals surface area contributed by atoms with Gasteiger partial charge in [0, 0.05) is 17.9 Å². The van der Waals surface area contributed by atoms with Gasteiger partial charge >= 0.3 is 0 Å². The molecule has 0 aromatic carbocycles. The Morgan fingerprint density at radius 1 is 1.71 bits per heavy atom. The van der Waals surface area contributed by atoms with Gasteiger partial charge in [-0.25, -0.2) is 0 Å². The summed E-state index contributed by atoms with van der Waals surface area (Å²) in [5.74, 6) is -0.174. The molecule has 0 saturated carbocycles. The van der Waals surface area contributed by atoms with Crippen molar-refractivity contribution in [3.63, 3.8) is 0 Å². The van der Waals surface area contributed by atoms with Gasteiger partial charge in [-0.1, -0.05) is 6.92 Å². The fraction of sp³-hybridized carbons (Fsp3) is 0.400. The Bertz CT molecular complexity index is 325. The molecular weight excluding hydrogens is 178 g/mol. The van der Waals surface area contributed by atoms with E-state index in [1.165, 1.54) is 6.20 Å². The summed E-state index contributed by atoms with van der Waals surface area (Å²) in [5.41, 5.74) is 6.46. The molecule has 3 N–H and O–H groups in total. The van der Waals surface area contributed by atoms with Crippen LogP contribution in [0, 0.1) is 0 Å². The smallest absolute Gasteiger partial charge is 0.270 e. The first kappa shape index (κ1) is 10.5. The van der Waals surface area contributed by atoms with Gasteiger partial charge < -0.3 is 11.1 Å². The second kappa shape index (κ2) is 4.60. The normalized spacial score (nSPS) is 12.1. The molecule has 1 aromatic rings. The van der Waals surface area contributed by atoms with Gasteiger partial charge in [-0.3, -0.25) is 9.78 Å². The maximum absolute atomic E-state index is 11.5. The number of rotatable bonds is 3. The van der Waals surface area contributed by atoms with E-state index in [-0.39, 0.29) is 11.9 Å². The zero-order valence-electron chi connectivity index (χ0n) is 8.45. The van der Waals surface area contributed by atoms with Crippen LogP contribution in [-0.4, -0.2) is 16.9 Å². The molecule has 0 bridgehead atoms. The SMILES string of the molecule is CCC(C)NC(=O)c1cc(N)ccn1. The highest BCUT2D eigenvalue weighted by atomic mass is 16.1. The number of nitrogens with two attached hydrogens (primary N) is 1. The van der Waals surface area contributed by atoms with Crippen LogP contribution in [0.4, 0.5) is 5.69 Å². The summed E-state index contributed by atoms with van der Waals surface area (Å²) < 4.78 is 0. The minimum Gasteiger partial charge on any atom is -0.399 e. The second-order valence-electron chi connectivity index (χ2n) is 3.26. The summed E-state index contributed by atoms with van der Waals surface area (Å²) in [7, 11) is 0. The predicted molar refractivity (Wildman–Crippen MR) is 55.9 cm³/mol. The summed E-state index contributed by atoms with van der Waals surface area (Å²) in [6, 6.07) is 3.38. The van der Waals surface area contributed by atoms with Crippen molar-refractivity contribution in [3.8, 4) is 0 Å². The third kappa shape index (κ3) is 2.73. The second-order valence-corrected chi connectivity index (χ2v) is 3.26. The van der Waals surface area contributed by atoms with Gasteiger partial charge in [0.05, 0.1) is 0 Å². The average Bonchev–Trinajstić information content (AvgIpc) is 2.17. The van der Waals surface area contributed by atoms with Gasteiger partial charge in [-0.2, -0.15) is 0 Å². The molecule has 1 unspecified atom stereocenters. The molecule has 0 saturated heterocycles. The van der Waals surface area contributed by atoms with E-state index in [0.29, 0.717) is 11.4 Å². The van der Waals surface area contributed by atoms with Gasteiger partial charge in [0.15, 0.2) is 0 Å². The van der Waals surface area contributed by atoms with Gasteiger partial charge in [-0.05, 0) is 25.5 Å². The van der Waals surface area contributed by atoms with E-state index in [0.717, 1.165) is 6.42 Å². The molecule has 1 atom stereocenters. The maximum atomic E-state index is 11.5. The Labute approximate surface area is 83.5 Å². The number of aromatic nitrogens is 1. The molecule has 0 aliphatic rings. The van der Waals surface area contributed by atoms with Gasteiger partial charge in [0.2, 0.25) is 0 Å². The monoisotopic (exact) mass is 193 g/mol. The quantitative estimate of drug-likeness (QED) is 0.757. The van der Waals surface area contributed by atoms with Crippen LogP contribution in [0.2, 0.25) is 0 Å². The predicted octanol–water partition coefficient (Wildman–Crippen LogP) is 1.19. The summed E-state index contributed by atoms with van der Waals surface area (Å²) in [5, 5.41) is 2.82. The van der Waals surface area contributed by atoms with E-state index in [1.807, 2.05) is 13.8 Å². The summed E-state index contributed by atoms with van der Waals surface area (Å²) >= 11 is 0. The lowest BCUT2D eigenvalue weighted by atomic mass is 10.2. The van der Waals surface area contributed by atoms with Crippen LogP contribution < -0.4 is 11.1 Å².